The Morgan fingerprint density at radius 2 is 0.981 bits per heavy atom. The summed E-state index contributed by atoms with van der Waals surface area (Å²) in [6.07, 6.45) is 0. The van der Waals surface area contributed by atoms with E-state index in [0.717, 1.165) is 22.3 Å². The Bertz CT molecular complexity index is 2740. The molecule has 0 N–H and O–H groups in total. The molecule has 0 fully saturated rings. The molecule has 8 aromatic rings. The zero-order chi connectivity index (χ0) is 35.2. The molecule has 0 amide bonds. The lowest BCUT2D eigenvalue weighted by atomic mass is 9.82. The van der Waals surface area contributed by atoms with Crippen LogP contribution in [-0.2, 0) is 5.41 Å². The zero-order valence-corrected chi connectivity index (χ0v) is 30.8. The molecule has 0 atom stereocenters. The maximum atomic E-state index is 5.30. The number of hydrogen-bond donors (Lipinski definition) is 0. The van der Waals surface area contributed by atoms with E-state index in [4.69, 9.17) is 15.0 Å². The van der Waals surface area contributed by atoms with Crippen molar-refractivity contribution in [2.45, 2.75) is 32.4 Å². The van der Waals surface area contributed by atoms with Crippen molar-refractivity contribution in [2.75, 3.05) is 0 Å². The van der Waals surface area contributed by atoms with E-state index >= 15 is 0 Å². The molecule has 1 aliphatic carbocycles. The summed E-state index contributed by atoms with van der Waals surface area (Å²) in [6.45, 7) is 9.53. The minimum atomic E-state index is -1.89. The molecule has 52 heavy (non-hydrogen) atoms. The molecule has 10 rings (SSSR count). The Balaban J connectivity index is 1.15. The molecule has 1 aliphatic heterocycles. The molecular weight excluding hydrogens is 647 g/mol. The van der Waals surface area contributed by atoms with E-state index in [0.29, 0.717) is 17.5 Å². The average Bonchev–Trinajstić information content (AvgIpc) is 3.57. The van der Waals surface area contributed by atoms with Gasteiger partial charge in [0.2, 0.25) is 0 Å². The number of hydrogen-bond acceptors (Lipinski definition) is 3. The minimum absolute atomic E-state index is 0.0681. The van der Waals surface area contributed by atoms with Gasteiger partial charge in [-0.25, -0.2) is 15.0 Å². The predicted octanol–water partition coefficient (Wildman–Crippen LogP) is 10.8. The van der Waals surface area contributed by atoms with Gasteiger partial charge in [0.15, 0.2) is 17.5 Å². The summed E-state index contributed by atoms with van der Waals surface area (Å²) in [5.74, 6) is 2.06. The van der Waals surface area contributed by atoms with Gasteiger partial charge in [-0.05, 0) is 77.8 Å². The third kappa shape index (κ3) is 4.61. The lowest BCUT2D eigenvalue weighted by Gasteiger charge is -2.21. The highest BCUT2D eigenvalue weighted by Crippen LogP contribution is 2.49. The van der Waals surface area contributed by atoms with Gasteiger partial charge in [-0.3, -0.25) is 0 Å². The number of benzene rings is 7. The first-order chi connectivity index (χ1) is 25.3. The summed E-state index contributed by atoms with van der Waals surface area (Å²) < 4.78 is 0. The van der Waals surface area contributed by atoms with Crippen LogP contribution >= 0.6 is 0 Å². The summed E-state index contributed by atoms with van der Waals surface area (Å²) in [7, 11) is -1.89. The van der Waals surface area contributed by atoms with Gasteiger partial charge < -0.3 is 0 Å². The predicted molar refractivity (Wildman–Crippen MR) is 219 cm³/mol. The lowest BCUT2D eigenvalue weighted by molar-refractivity contribution is 0.660. The molecule has 1 aromatic heterocycles. The minimum Gasteiger partial charge on any atom is -0.208 e. The summed E-state index contributed by atoms with van der Waals surface area (Å²) >= 11 is 0. The van der Waals surface area contributed by atoms with Crippen molar-refractivity contribution in [3.63, 3.8) is 0 Å². The quantitative estimate of drug-likeness (QED) is 0.173. The highest BCUT2D eigenvalue weighted by atomic mass is 28.3. The molecule has 248 valence electrons. The third-order valence-corrected chi connectivity index (χ3v) is 15.1. The van der Waals surface area contributed by atoms with Gasteiger partial charge in [-0.2, -0.15) is 0 Å². The first-order valence-corrected chi connectivity index (χ1v) is 21.1. The summed E-state index contributed by atoms with van der Waals surface area (Å²) in [5, 5.41) is 5.38. The first-order valence-electron chi connectivity index (χ1n) is 18.1. The van der Waals surface area contributed by atoms with Crippen molar-refractivity contribution >= 4 is 29.2 Å². The fraction of sp³-hybridized carbons (Fsp3) is 0.104. The molecule has 0 bridgehead atoms. The van der Waals surface area contributed by atoms with Crippen LogP contribution in [0.5, 0.6) is 0 Å². The van der Waals surface area contributed by atoms with Crippen LogP contribution < -0.4 is 10.4 Å². The lowest BCUT2D eigenvalue weighted by Crippen LogP contribution is -2.49. The molecule has 4 heteroatoms. The molecule has 0 spiro atoms. The molecule has 0 saturated carbocycles. The van der Waals surface area contributed by atoms with Crippen LogP contribution in [0.15, 0.2) is 152 Å². The fourth-order valence-electron chi connectivity index (χ4n) is 8.74. The first kappa shape index (κ1) is 30.8. The van der Waals surface area contributed by atoms with Gasteiger partial charge in [-0.15, -0.1) is 0 Å². The van der Waals surface area contributed by atoms with Crippen LogP contribution in [0.25, 0.3) is 78.3 Å². The van der Waals surface area contributed by atoms with E-state index < -0.39 is 8.07 Å². The Hall–Kier alpha value is -5.97. The van der Waals surface area contributed by atoms with E-state index in [9.17, 15) is 0 Å². The summed E-state index contributed by atoms with van der Waals surface area (Å²) in [5.41, 5.74) is 13.1. The van der Waals surface area contributed by atoms with Gasteiger partial charge in [0.1, 0.15) is 8.07 Å². The van der Waals surface area contributed by atoms with Crippen LogP contribution in [-0.4, -0.2) is 23.0 Å². The normalized spacial score (nSPS) is 14.5. The van der Waals surface area contributed by atoms with E-state index in [1.807, 2.05) is 0 Å². The number of nitrogens with zero attached hydrogens (tertiary/aromatic N) is 3. The average molecular weight is 684 g/mol. The molecule has 2 heterocycles. The van der Waals surface area contributed by atoms with Crippen molar-refractivity contribution in [1.82, 2.24) is 15.0 Å². The second kappa shape index (κ2) is 11.3. The van der Waals surface area contributed by atoms with E-state index in [1.54, 1.807) is 0 Å². The maximum Gasteiger partial charge on any atom is 0.164 e. The molecule has 0 radical (unpaired) electrons. The van der Waals surface area contributed by atoms with Gasteiger partial charge >= 0.3 is 0 Å². The number of rotatable bonds is 4. The van der Waals surface area contributed by atoms with Crippen LogP contribution in [0.3, 0.4) is 0 Å². The SMILES string of the molecule is CC1(C)c2ccccc2-c2cc(-c3nc(-c4ccc(-c5ccc6ccccc6c5)cc4)nc(-c4cccc5c4-c4ccccc4[Si]5(C)C)n3)ccc21. The Morgan fingerprint density at radius 3 is 1.81 bits per heavy atom. The monoisotopic (exact) mass is 683 g/mol. The van der Waals surface area contributed by atoms with Crippen LogP contribution in [0, 0.1) is 0 Å². The van der Waals surface area contributed by atoms with Crippen LogP contribution in [0.2, 0.25) is 13.1 Å². The molecule has 3 nitrogen and oxygen atoms in total. The third-order valence-electron chi connectivity index (χ3n) is 11.6. The topological polar surface area (TPSA) is 38.7 Å². The highest BCUT2D eigenvalue weighted by Gasteiger charge is 2.39. The van der Waals surface area contributed by atoms with E-state index in [1.165, 1.54) is 60.1 Å². The second-order valence-electron chi connectivity index (χ2n) is 15.3. The number of fused-ring (bicyclic) bond motifs is 7. The van der Waals surface area contributed by atoms with Crippen molar-refractivity contribution in [3.8, 4) is 67.5 Å². The Morgan fingerprint density at radius 1 is 0.404 bits per heavy atom. The fourth-order valence-corrected chi connectivity index (χ4v) is 11.8. The molecular formula is C48H37N3Si. The van der Waals surface area contributed by atoms with Gasteiger partial charge in [0.05, 0.1) is 0 Å². The summed E-state index contributed by atoms with van der Waals surface area (Å²) in [6, 6.07) is 55.0. The van der Waals surface area contributed by atoms with Gasteiger partial charge in [-0.1, -0.05) is 166 Å². The standard InChI is InChI=1S/C48H37N3Si/c1-48(2)40-17-9-7-14-36(40)39-29-35(26-27-41(39)48)46-49-45(32-23-20-31(21-24-32)34-25-22-30-12-5-6-13-33(30)28-34)50-47(51-46)38-16-11-19-43-44(38)37-15-8-10-18-42(37)52(43,3)4/h5-29H,1-4H3. The zero-order valence-electron chi connectivity index (χ0n) is 29.8. The smallest absolute Gasteiger partial charge is 0.164 e. The van der Waals surface area contributed by atoms with Crippen molar-refractivity contribution in [2.24, 2.45) is 0 Å². The van der Waals surface area contributed by atoms with E-state index in [2.05, 4.69) is 179 Å². The Kier molecular flexibility index (Phi) is 6.68. The Labute approximate surface area is 305 Å². The van der Waals surface area contributed by atoms with E-state index in [-0.39, 0.29) is 5.41 Å². The molecule has 2 aliphatic rings. The summed E-state index contributed by atoms with van der Waals surface area (Å²) in [4.78, 5) is 15.8. The van der Waals surface area contributed by atoms with Gasteiger partial charge in [0.25, 0.3) is 0 Å². The van der Waals surface area contributed by atoms with Crippen LogP contribution in [0.1, 0.15) is 25.0 Å². The molecule has 7 aromatic carbocycles. The second-order valence-corrected chi connectivity index (χ2v) is 19.6. The largest absolute Gasteiger partial charge is 0.208 e. The highest BCUT2D eigenvalue weighted by molar-refractivity contribution is 7.04. The van der Waals surface area contributed by atoms with Crippen LogP contribution in [0.4, 0.5) is 0 Å². The maximum absolute atomic E-state index is 5.30. The van der Waals surface area contributed by atoms with Crippen molar-refractivity contribution in [3.05, 3.63) is 163 Å². The molecule has 0 unspecified atom stereocenters. The molecule has 0 saturated heterocycles. The van der Waals surface area contributed by atoms with Crippen molar-refractivity contribution in [1.29, 1.82) is 0 Å². The number of aromatic nitrogens is 3. The van der Waals surface area contributed by atoms with Gasteiger partial charge in [0, 0.05) is 22.1 Å². The van der Waals surface area contributed by atoms with Crippen molar-refractivity contribution < 1.29 is 0 Å².